The van der Waals surface area contributed by atoms with Gasteiger partial charge < -0.3 is 10.5 Å². The second kappa shape index (κ2) is 6.72. The van der Waals surface area contributed by atoms with Gasteiger partial charge >= 0.3 is 0 Å². The molecule has 0 aromatic heterocycles. The summed E-state index contributed by atoms with van der Waals surface area (Å²) in [6.45, 7) is 2.82. The SMILES string of the molecule is CN(CC1CCCCO1)C(CN)C1CCCC1. The van der Waals surface area contributed by atoms with Crippen LogP contribution in [0.4, 0.5) is 0 Å². The van der Waals surface area contributed by atoms with Crippen LogP contribution in [-0.2, 0) is 4.74 Å². The van der Waals surface area contributed by atoms with E-state index in [2.05, 4.69) is 11.9 Å². The number of nitrogens with zero attached hydrogens (tertiary/aromatic N) is 1. The third kappa shape index (κ3) is 3.67. The molecule has 2 aliphatic rings. The minimum Gasteiger partial charge on any atom is -0.377 e. The lowest BCUT2D eigenvalue weighted by Crippen LogP contribution is -2.46. The van der Waals surface area contributed by atoms with Crippen LogP contribution in [0.25, 0.3) is 0 Å². The standard InChI is InChI=1S/C14H28N2O/c1-16(11-13-8-4-5-9-17-13)14(10-15)12-6-2-3-7-12/h12-14H,2-11,15H2,1H3. The number of hydrogen-bond acceptors (Lipinski definition) is 3. The van der Waals surface area contributed by atoms with Gasteiger partial charge in [0.05, 0.1) is 6.10 Å². The first-order valence-corrected chi connectivity index (χ1v) is 7.33. The van der Waals surface area contributed by atoms with Gasteiger partial charge in [-0.2, -0.15) is 0 Å². The molecule has 0 aromatic carbocycles. The molecule has 1 aliphatic carbocycles. The Morgan fingerprint density at radius 3 is 2.47 bits per heavy atom. The van der Waals surface area contributed by atoms with Crippen LogP contribution in [0.3, 0.4) is 0 Å². The fourth-order valence-electron chi connectivity index (χ4n) is 3.48. The molecule has 2 N–H and O–H groups in total. The van der Waals surface area contributed by atoms with E-state index < -0.39 is 0 Å². The number of rotatable bonds is 5. The summed E-state index contributed by atoms with van der Waals surface area (Å²) in [6.07, 6.45) is 9.79. The molecular formula is C14H28N2O. The molecule has 1 saturated heterocycles. The molecule has 3 nitrogen and oxygen atoms in total. The molecule has 2 atom stereocenters. The highest BCUT2D eigenvalue weighted by molar-refractivity contribution is 4.83. The number of ether oxygens (including phenoxy) is 1. The molecule has 0 radical (unpaired) electrons. The maximum Gasteiger partial charge on any atom is 0.0702 e. The fraction of sp³-hybridized carbons (Fsp3) is 1.00. The molecule has 0 spiro atoms. The van der Waals surface area contributed by atoms with Crippen molar-refractivity contribution in [1.29, 1.82) is 0 Å². The first-order chi connectivity index (χ1) is 8.31. The van der Waals surface area contributed by atoms with Gasteiger partial charge in [0.25, 0.3) is 0 Å². The maximum absolute atomic E-state index is 5.98. The monoisotopic (exact) mass is 240 g/mol. The molecular weight excluding hydrogens is 212 g/mol. The second-order valence-corrected chi connectivity index (χ2v) is 5.78. The van der Waals surface area contributed by atoms with Crippen LogP contribution in [-0.4, -0.2) is 43.8 Å². The van der Waals surface area contributed by atoms with Crippen molar-refractivity contribution >= 4 is 0 Å². The second-order valence-electron chi connectivity index (χ2n) is 5.78. The zero-order valence-corrected chi connectivity index (χ0v) is 11.2. The van der Waals surface area contributed by atoms with Gasteiger partial charge in [-0.15, -0.1) is 0 Å². The molecule has 2 rings (SSSR count). The summed E-state index contributed by atoms with van der Waals surface area (Å²) < 4.78 is 5.82. The molecule has 100 valence electrons. The highest BCUT2D eigenvalue weighted by Gasteiger charge is 2.28. The quantitative estimate of drug-likeness (QED) is 0.799. The third-order valence-corrected chi connectivity index (χ3v) is 4.52. The Bertz CT molecular complexity index is 210. The summed E-state index contributed by atoms with van der Waals surface area (Å²) in [7, 11) is 2.23. The average Bonchev–Trinajstić information content (AvgIpc) is 2.85. The van der Waals surface area contributed by atoms with E-state index in [1.54, 1.807) is 0 Å². The van der Waals surface area contributed by atoms with Crippen molar-refractivity contribution in [2.24, 2.45) is 11.7 Å². The van der Waals surface area contributed by atoms with E-state index in [0.717, 1.165) is 25.6 Å². The van der Waals surface area contributed by atoms with Crippen molar-refractivity contribution < 1.29 is 4.74 Å². The largest absolute Gasteiger partial charge is 0.377 e. The molecule has 3 heteroatoms. The van der Waals surface area contributed by atoms with Gasteiger partial charge in [0.2, 0.25) is 0 Å². The zero-order chi connectivity index (χ0) is 12.1. The van der Waals surface area contributed by atoms with E-state index in [-0.39, 0.29) is 0 Å². The van der Waals surface area contributed by atoms with E-state index in [4.69, 9.17) is 10.5 Å². The summed E-state index contributed by atoms with van der Waals surface area (Å²) in [5.74, 6) is 0.827. The molecule has 0 aromatic rings. The summed E-state index contributed by atoms with van der Waals surface area (Å²) in [5, 5.41) is 0. The first kappa shape index (κ1) is 13.3. The van der Waals surface area contributed by atoms with Gasteiger partial charge in [0.15, 0.2) is 0 Å². The Labute approximate surface area is 106 Å². The van der Waals surface area contributed by atoms with Crippen molar-refractivity contribution in [3.05, 3.63) is 0 Å². The van der Waals surface area contributed by atoms with Crippen molar-refractivity contribution in [1.82, 2.24) is 4.90 Å². The molecule has 1 heterocycles. The van der Waals surface area contributed by atoms with Crippen molar-refractivity contribution in [2.45, 2.75) is 57.1 Å². The predicted molar refractivity (Wildman–Crippen MR) is 71.0 cm³/mol. The number of hydrogen-bond donors (Lipinski definition) is 1. The lowest BCUT2D eigenvalue weighted by atomic mass is 9.96. The highest BCUT2D eigenvalue weighted by Crippen LogP contribution is 2.30. The number of likely N-dealkylation sites (N-methyl/N-ethyl adjacent to an activating group) is 1. The smallest absolute Gasteiger partial charge is 0.0702 e. The molecule has 2 fully saturated rings. The van der Waals surface area contributed by atoms with Gasteiger partial charge in [-0.1, -0.05) is 12.8 Å². The minimum absolute atomic E-state index is 0.448. The van der Waals surface area contributed by atoms with Crippen LogP contribution >= 0.6 is 0 Å². The average molecular weight is 240 g/mol. The lowest BCUT2D eigenvalue weighted by molar-refractivity contribution is -0.0119. The Balaban J connectivity index is 1.80. The normalized spacial score (nSPS) is 28.8. The van der Waals surface area contributed by atoms with Crippen LogP contribution in [0.1, 0.15) is 44.9 Å². The highest BCUT2D eigenvalue weighted by atomic mass is 16.5. The predicted octanol–water partition coefficient (Wildman–Crippen LogP) is 2.00. The van der Waals surface area contributed by atoms with Crippen molar-refractivity contribution in [3.63, 3.8) is 0 Å². The zero-order valence-electron chi connectivity index (χ0n) is 11.2. The first-order valence-electron chi connectivity index (χ1n) is 7.33. The third-order valence-electron chi connectivity index (χ3n) is 4.52. The van der Waals surface area contributed by atoms with E-state index in [0.29, 0.717) is 12.1 Å². The Kier molecular flexibility index (Phi) is 5.26. The van der Waals surface area contributed by atoms with Crippen molar-refractivity contribution in [2.75, 3.05) is 26.7 Å². The summed E-state index contributed by atoms with van der Waals surface area (Å²) in [5.41, 5.74) is 5.98. The van der Waals surface area contributed by atoms with Gasteiger partial charge in [-0.3, -0.25) is 4.90 Å². The van der Waals surface area contributed by atoms with Gasteiger partial charge in [0, 0.05) is 25.7 Å². The van der Waals surface area contributed by atoms with Gasteiger partial charge in [0.1, 0.15) is 0 Å². The molecule has 0 amide bonds. The molecule has 17 heavy (non-hydrogen) atoms. The van der Waals surface area contributed by atoms with E-state index in [1.165, 1.54) is 44.9 Å². The summed E-state index contributed by atoms with van der Waals surface area (Å²) in [6, 6.07) is 0.572. The Hall–Kier alpha value is -0.120. The Morgan fingerprint density at radius 2 is 1.88 bits per heavy atom. The summed E-state index contributed by atoms with van der Waals surface area (Å²) in [4.78, 5) is 2.46. The molecule has 0 bridgehead atoms. The van der Waals surface area contributed by atoms with Gasteiger partial charge in [-0.25, -0.2) is 0 Å². The maximum atomic E-state index is 5.98. The minimum atomic E-state index is 0.448. The van der Waals surface area contributed by atoms with Gasteiger partial charge in [-0.05, 0) is 45.1 Å². The Morgan fingerprint density at radius 1 is 1.18 bits per heavy atom. The van der Waals surface area contributed by atoms with E-state index in [1.807, 2.05) is 0 Å². The van der Waals surface area contributed by atoms with E-state index >= 15 is 0 Å². The number of nitrogens with two attached hydrogens (primary N) is 1. The lowest BCUT2D eigenvalue weighted by Gasteiger charge is -2.35. The molecule has 1 saturated carbocycles. The van der Waals surface area contributed by atoms with Crippen LogP contribution in [0, 0.1) is 5.92 Å². The molecule has 1 aliphatic heterocycles. The summed E-state index contributed by atoms with van der Waals surface area (Å²) >= 11 is 0. The fourth-order valence-corrected chi connectivity index (χ4v) is 3.48. The van der Waals surface area contributed by atoms with Crippen LogP contribution in [0.15, 0.2) is 0 Å². The van der Waals surface area contributed by atoms with Crippen LogP contribution in [0.2, 0.25) is 0 Å². The van der Waals surface area contributed by atoms with Crippen LogP contribution < -0.4 is 5.73 Å². The van der Waals surface area contributed by atoms with E-state index in [9.17, 15) is 0 Å². The van der Waals surface area contributed by atoms with Crippen LogP contribution in [0.5, 0.6) is 0 Å². The molecule has 2 unspecified atom stereocenters. The van der Waals surface area contributed by atoms with Crippen molar-refractivity contribution in [3.8, 4) is 0 Å². The topological polar surface area (TPSA) is 38.5 Å².